The summed E-state index contributed by atoms with van der Waals surface area (Å²) in [5, 5.41) is 10.2. The molecule has 0 aliphatic carbocycles. The lowest BCUT2D eigenvalue weighted by atomic mass is 10.2. The van der Waals surface area contributed by atoms with Crippen LogP contribution in [-0.2, 0) is 20.2 Å². The molecule has 0 fully saturated rings. The van der Waals surface area contributed by atoms with Gasteiger partial charge in [-0.2, -0.15) is 34.4 Å². The van der Waals surface area contributed by atoms with Gasteiger partial charge in [-0.1, -0.05) is 7.43 Å². The van der Waals surface area contributed by atoms with E-state index in [-0.39, 0.29) is 58.5 Å². The smallest absolute Gasteiger partial charge is 0.369 e. The highest BCUT2D eigenvalue weighted by Crippen LogP contribution is 2.36. The Morgan fingerprint density at radius 3 is 1.18 bits per heavy atom. The molecule has 0 radical (unpaired) electrons. The number of pyridine rings is 2. The molecule has 2 heterocycles. The van der Waals surface area contributed by atoms with Crippen LogP contribution in [-0.4, -0.2) is 41.4 Å². The SMILES string of the molecule is BrB(Br)Br.C.COc1cc(Br)c(F)cc1-n1c(=O)ccc2cc(S(=O)(=O)Oc3c(F)c(F)c(F)c(F)c3F)ccc21.O=c1ccc2cc(S(=O)(=O)Oc3c(F)c(F)c(F)c(F)c3F)ccc2n1-c1cc(F)c(Br)cc1O. The highest BCUT2D eigenvalue weighted by Gasteiger charge is 2.33. The first kappa shape index (κ1) is 61.3. The lowest BCUT2D eigenvalue weighted by Crippen LogP contribution is -2.19. The van der Waals surface area contributed by atoms with Gasteiger partial charge in [-0.3, -0.25) is 18.7 Å². The molecule has 2 aromatic heterocycles. The summed E-state index contributed by atoms with van der Waals surface area (Å²) in [7, 11) is -8.99. The number of hydrogen-bond donors (Lipinski definition) is 1. The summed E-state index contributed by atoms with van der Waals surface area (Å²) in [6.45, 7) is 0. The van der Waals surface area contributed by atoms with Crippen molar-refractivity contribution in [3.05, 3.63) is 184 Å². The first-order valence-corrected chi connectivity index (χ1v) is 26.5. The second kappa shape index (κ2) is 24.0. The molecule has 0 saturated heterocycles. The van der Waals surface area contributed by atoms with Crippen molar-refractivity contribution in [1.29, 1.82) is 0 Å². The Balaban J connectivity index is 0.000000259. The number of halogens is 17. The maximum Gasteiger partial charge on any atom is 0.369 e. The number of aromatic hydroxyl groups is 1. The minimum atomic E-state index is -5.14. The molecule has 0 atom stereocenters. The van der Waals surface area contributed by atoms with Crippen molar-refractivity contribution in [1.82, 2.24) is 9.13 Å². The number of aromatic nitrogens is 2. The molecule has 32 heteroatoms. The molecule has 8 aromatic rings. The predicted octanol–water partition coefficient (Wildman–Crippen LogP) is 13.2. The van der Waals surface area contributed by atoms with Crippen LogP contribution in [0.4, 0.5) is 52.7 Å². The third-order valence-electron chi connectivity index (χ3n) is 9.76. The lowest BCUT2D eigenvalue weighted by molar-refractivity contribution is 0.346. The van der Waals surface area contributed by atoms with E-state index in [4.69, 9.17) is 4.74 Å². The predicted molar refractivity (Wildman–Crippen MR) is 270 cm³/mol. The number of methoxy groups -OCH3 is 1. The molecule has 0 aliphatic heterocycles. The normalized spacial score (nSPS) is 11.3. The molecule has 0 unspecified atom stereocenters. The molecule has 76 heavy (non-hydrogen) atoms. The maximum atomic E-state index is 14.2. The zero-order chi connectivity index (χ0) is 55.9. The van der Waals surface area contributed by atoms with Gasteiger partial charge in [0.15, 0.2) is 0 Å². The van der Waals surface area contributed by atoms with Crippen molar-refractivity contribution in [2.45, 2.75) is 17.2 Å². The van der Waals surface area contributed by atoms with Crippen LogP contribution in [0.25, 0.3) is 33.2 Å². The summed E-state index contributed by atoms with van der Waals surface area (Å²) in [4.78, 5) is 23.6. The zero-order valence-electron chi connectivity index (χ0n) is 35.9. The largest absolute Gasteiger partial charge is 0.506 e. The average molecular weight is 1440 g/mol. The van der Waals surface area contributed by atoms with E-state index in [9.17, 15) is 84.2 Å². The summed E-state index contributed by atoms with van der Waals surface area (Å²) < 4.78 is 230. The first-order chi connectivity index (χ1) is 34.9. The molecule has 1 N–H and O–H groups in total. The Hall–Kier alpha value is -5.54. The third-order valence-corrected chi connectivity index (χ3v) is 13.4. The number of phenolic OH excluding ortho intramolecular Hbond substituents is 1. The van der Waals surface area contributed by atoms with E-state index < -0.39 is 128 Å². The van der Waals surface area contributed by atoms with Crippen LogP contribution in [0.2, 0.25) is 0 Å². The van der Waals surface area contributed by atoms with E-state index in [1.54, 1.807) is 0 Å². The molecule has 0 saturated carbocycles. The van der Waals surface area contributed by atoms with E-state index in [2.05, 4.69) is 87.5 Å². The molecule has 0 bridgehead atoms. The number of hydrogen-bond acceptors (Lipinski definition) is 10. The number of fused-ring (bicyclic) bond motifs is 2. The summed E-state index contributed by atoms with van der Waals surface area (Å²) in [6.07, 6.45) is 0. The fourth-order valence-corrected chi connectivity index (χ4v) is 9.04. The van der Waals surface area contributed by atoms with E-state index >= 15 is 0 Å². The molecular formula is C44H22BBr5F12N2O10S2. The van der Waals surface area contributed by atoms with Crippen LogP contribution in [0.5, 0.6) is 23.0 Å². The minimum Gasteiger partial charge on any atom is -0.506 e. The van der Waals surface area contributed by atoms with Gasteiger partial charge >= 0.3 is 23.4 Å². The second-order valence-corrected chi connectivity index (χ2v) is 25.5. The Morgan fingerprint density at radius 1 is 0.487 bits per heavy atom. The van der Waals surface area contributed by atoms with Crippen LogP contribution in [0.15, 0.2) is 113 Å². The minimum absolute atomic E-state index is 0. The fraction of sp³-hybridized carbons (Fsp3) is 0.0455. The van der Waals surface area contributed by atoms with E-state index in [1.165, 1.54) is 19.2 Å². The summed E-state index contributed by atoms with van der Waals surface area (Å²) >= 11 is 15.2. The second-order valence-electron chi connectivity index (χ2n) is 14.3. The molecule has 0 spiro atoms. The number of rotatable bonds is 9. The van der Waals surface area contributed by atoms with Crippen molar-refractivity contribution < 1.29 is 87.7 Å². The van der Waals surface area contributed by atoms with Crippen LogP contribution in [0, 0.1) is 69.8 Å². The van der Waals surface area contributed by atoms with Crippen LogP contribution >= 0.6 is 79.1 Å². The molecule has 0 amide bonds. The molecular weight excluding hydrogens is 1420 g/mol. The number of nitrogens with zero attached hydrogens (tertiary/aromatic N) is 2. The monoisotopic (exact) mass is 1440 g/mol. The molecule has 6 aromatic carbocycles. The van der Waals surface area contributed by atoms with E-state index in [1.807, 2.05) is 0 Å². The van der Waals surface area contributed by atoms with Gasteiger partial charge in [-0.05, 0) is 92.5 Å². The molecule has 0 aliphatic rings. The van der Waals surface area contributed by atoms with Gasteiger partial charge in [0, 0.05) is 35.0 Å². The van der Waals surface area contributed by atoms with E-state index in [0.29, 0.717) is 0 Å². The Bertz CT molecular complexity index is 3950. The van der Waals surface area contributed by atoms with Crippen LogP contribution in [0.1, 0.15) is 7.43 Å². The summed E-state index contributed by atoms with van der Waals surface area (Å²) in [5.41, 5.74) is -1.64. The maximum absolute atomic E-state index is 14.2. The summed E-state index contributed by atoms with van der Waals surface area (Å²) in [6, 6.07) is 14.1. The van der Waals surface area contributed by atoms with Crippen LogP contribution in [0.3, 0.4) is 0 Å². The summed E-state index contributed by atoms with van der Waals surface area (Å²) in [5.74, 6) is -30.5. The Kier molecular flexibility index (Phi) is 19.4. The first-order valence-electron chi connectivity index (χ1n) is 19.3. The Labute approximate surface area is 460 Å². The highest BCUT2D eigenvalue weighted by molar-refractivity contribution is 9.69. The van der Waals surface area contributed by atoms with Crippen molar-refractivity contribution in [2.24, 2.45) is 0 Å². The fourth-order valence-electron chi connectivity index (χ4n) is 6.45. The van der Waals surface area contributed by atoms with Gasteiger partial charge in [-0.15, -0.1) is 47.3 Å². The van der Waals surface area contributed by atoms with Gasteiger partial charge in [0.05, 0.1) is 38.5 Å². The average Bonchev–Trinajstić information content (AvgIpc) is 3.36. The zero-order valence-corrected chi connectivity index (χ0v) is 45.5. The van der Waals surface area contributed by atoms with Gasteiger partial charge in [-0.25, -0.2) is 35.1 Å². The van der Waals surface area contributed by atoms with Crippen molar-refractivity contribution in [3.63, 3.8) is 0 Å². The number of ether oxygens (including phenoxy) is 1. The lowest BCUT2D eigenvalue weighted by Gasteiger charge is -2.15. The van der Waals surface area contributed by atoms with Crippen molar-refractivity contribution in [3.8, 4) is 34.4 Å². The number of phenols is 1. The number of benzene rings is 6. The van der Waals surface area contributed by atoms with Crippen LogP contribution < -0.4 is 24.2 Å². The highest BCUT2D eigenvalue weighted by atomic mass is 79.9. The van der Waals surface area contributed by atoms with Crippen molar-refractivity contribution >= 4 is 124 Å². The topological polar surface area (TPSA) is 160 Å². The van der Waals surface area contributed by atoms with Gasteiger partial charge in [0.1, 0.15) is 32.9 Å². The van der Waals surface area contributed by atoms with Gasteiger partial charge < -0.3 is 18.2 Å². The quantitative estimate of drug-likeness (QED) is 0.0484. The standard InChI is InChI=1S/C22H10BrF6NO5S.C21H8BrF6NO5S.CH4.BBr3/c1-34-15-7-11(23)12(24)8-14(15)30-13-4-3-10(6-9(13)2-5-16(30)31)36(32,33)35-22-20(28)18(26)17(25)19(27)21(22)29;22-10-6-14(30)13(7-11(10)23)29-12-3-2-9(5-8(12)1-4-15(29)31)35(32,33)34-21-19(27)17(25)16(24)18(26)20(21)28;;2-1(3)4/h2-8H,1H3;1-7,30H;1H4;. The van der Waals surface area contributed by atoms with E-state index in [0.717, 1.165) is 81.9 Å². The van der Waals surface area contributed by atoms with Gasteiger partial charge in [0.2, 0.25) is 69.7 Å². The molecule has 12 nitrogen and oxygen atoms in total. The van der Waals surface area contributed by atoms with Gasteiger partial charge in [0.25, 0.3) is 11.1 Å². The third kappa shape index (κ3) is 12.4. The van der Waals surface area contributed by atoms with Crippen molar-refractivity contribution in [2.75, 3.05) is 7.11 Å². The molecule has 8 rings (SSSR count). The Morgan fingerprint density at radius 2 is 0.816 bits per heavy atom. The molecule has 402 valence electrons.